The Kier molecular flexibility index (Phi) is 4.23. The maximum atomic E-state index is 5.42. The van der Waals surface area contributed by atoms with Gasteiger partial charge < -0.3 is 9.09 Å². The third kappa shape index (κ3) is 3.29. The van der Waals surface area contributed by atoms with Crippen LogP contribution in [-0.4, -0.2) is 24.9 Å². The van der Waals surface area contributed by atoms with Crippen molar-refractivity contribution in [2.24, 2.45) is 0 Å². The van der Waals surface area contributed by atoms with Crippen LogP contribution in [0.1, 0.15) is 82.9 Å². The van der Waals surface area contributed by atoms with Gasteiger partial charge in [0.05, 0.1) is 12.1 Å². The lowest BCUT2D eigenvalue weighted by molar-refractivity contribution is 0.316. The highest BCUT2D eigenvalue weighted by Gasteiger charge is 2.26. The van der Waals surface area contributed by atoms with E-state index in [1.165, 1.54) is 12.8 Å². The maximum absolute atomic E-state index is 5.42. The van der Waals surface area contributed by atoms with Crippen molar-refractivity contribution in [2.45, 2.75) is 77.9 Å². The van der Waals surface area contributed by atoms with E-state index in [1.54, 1.807) is 0 Å². The van der Waals surface area contributed by atoms with Gasteiger partial charge in [-0.3, -0.25) is 5.32 Å². The Hall–Kier alpha value is -1.76. The van der Waals surface area contributed by atoms with Crippen molar-refractivity contribution >= 4 is 0 Å². The molecule has 0 bridgehead atoms. The molecule has 3 rings (SSSR count). The molecule has 23 heavy (non-hydrogen) atoms. The van der Waals surface area contributed by atoms with Crippen LogP contribution in [0.2, 0.25) is 0 Å². The Bertz CT molecular complexity index is 668. The van der Waals surface area contributed by atoms with Crippen LogP contribution in [0.4, 0.5) is 0 Å². The first-order valence-electron chi connectivity index (χ1n) is 8.38. The summed E-state index contributed by atoms with van der Waals surface area (Å²) in [5, 5.41) is 16.3. The standard InChI is InChI=1S/C16H26N6O/c1-10(13-20-19-12-8-6-7-9-22(12)13)17-11(2)14-18-15(21-23-14)16(3,4)5/h10-11,17H,6-9H2,1-5H3. The van der Waals surface area contributed by atoms with Gasteiger partial charge >= 0.3 is 0 Å². The average molecular weight is 318 g/mol. The summed E-state index contributed by atoms with van der Waals surface area (Å²) in [7, 11) is 0. The molecular weight excluding hydrogens is 292 g/mol. The molecule has 0 amide bonds. The van der Waals surface area contributed by atoms with Gasteiger partial charge in [0.25, 0.3) is 0 Å². The highest BCUT2D eigenvalue weighted by atomic mass is 16.5. The van der Waals surface area contributed by atoms with Crippen LogP contribution in [-0.2, 0) is 18.4 Å². The fourth-order valence-electron chi connectivity index (χ4n) is 2.89. The molecule has 7 heteroatoms. The van der Waals surface area contributed by atoms with Gasteiger partial charge in [0.2, 0.25) is 5.89 Å². The smallest absolute Gasteiger partial charge is 0.243 e. The number of hydrogen-bond acceptors (Lipinski definition) is 6. The molecule has 0 saturated carbocycles. The SMILES string of the molecule is CC(NC(C)c1nnc2n1CCCC2)c1nc(C(C)(C)C)no1. The summed E-state index contributed by atoms with van der Waals surface area (Å²) < 4.78 is 7.66. The van der Waals surface area contributed by atoms with Crippen molar-refractivity contribution in [3.8, 4) is 0 Å². The zero-order valence-electron chi connectivity index (χ0n) is 14.6. The number of hydrogen-bond donors (Lipinski definition) is 1. The Labute approximate surface area is 136 Å². The molecule has 0 aromatic carbocycles. The molecule has 1 N–H and O–H groups in total. The van der Waals surface area contributed by atoms with Crippen molar-refractivity contribution in [3.05, 3.63) is 23.4 Å². The maximum Gasteiger partial charge on any atom is 0.243 e. The first-order chi connectivity index (χ1) is 10.9. The first kappa shape index (κ1) is 16.1. The first-order valence-corrected chi connectivity index (χ1v) is 8.38. The quantitative estimate of drug-likeness (QED) is 0.933. The summed E-state index contributed by atoms with van der Waals surface area (Å²) >= 11 is 0. The van der Waals surface area contributed by atoms with Crippen molar-refractivity contribution in [1.82, 2.24) is 30.2 Å². The zero-order valence-corrected chi connectivity index (χ0v) is 14.6. The molecule has 3 heterocycles. The fraction of sp³-hybridized carbons (Fsp3) is 0.750. The molecule has 2 aromatic rings. The van der Waals surface area contributed by atoms with E-state index in [1.807, 2.05) is 6.92 Å². The van der Waals surface area contributed by atoms with Crippen LogP contribution in [0.3, 0.4) is 0 Å². The van der Waals surface area contributed by atoms with Crippen LogP contribution in [0.15, 0.2) is 4.52 Å². The molecule has 0 aliphatic carbocycles. The van der Waals surface area contributed by atoms with Crippen molar-refractivity contribution < 1.29 is 4.52 Å². The summed E-state index contributed by atoms with van der Waals surface area (Å²) in [6, 6.07) is 0.0412. The van der Waals surface area contributed by atoms with E-state index in [2.05, 4.69) is 57.9 Å². The van der Waals surface area contributed by atoms with Crippen LogP contribution in [0, 0.1) is 0 Å². The number of rotatable bonds is 4. The van der Waals surface area contributed by atoms with E-state index < -0.39 is 0 Å². The predicted molar refractivity (Wildman–Crippen MR) is 85.9 cm³/mol. The monoisotopic (exact) mass is 318 g/mol. The molecule has 1 aliphatic rings. The molecule has 0 fully saturated rings. The normalized spacial score (nSPS) is 17.8. The van der Waals surface area contributed by atoms with E-state index in [9.17, 15) is 0 Å². The van der Waals surface area contributed by atoms with E-state index in [0.717, 1.165) is 30.4 Å². The summed E-state index contributed by atoms with van der Waals surface area (Å²) in [6.45, 7) is 11.4. The minimum atomic E-state index is -0.112. The van der Waals surface area contributed by atoms with Crippen LogP contribution in [0.5, 0.6) is 0 Å². The average Bonchev–Trinajstić information content (AvgIpc) is 3.14. The van der Waals surface area contributed by atoms with E-state index >= 15 is 0 Å². The minimum absolute atomic E-state index is 0.0369. The van der Waals surface area contributed by atoms with Crippen LogP contribution >= 0.6 is 0 Å². The topological polar surface area (TPSA) is 81.7 Å². The summed E-state index contributed by atoms with van der Waals surface area (Å²) in [4.78, 5) is 4.52. The second kappa shape index (κ2) is 6.03. The second-order valence-corrected chi connectivity index (χ2v) is 7.40. The highest BCUT2D eigenvalue weighted by molar-refractivity contribution is 5.05. The molecule has 2 unspecified atom stereocenters. The lowest BCUT2D eigenvalue weighted by Gasteiger charge is -2.20. The Morgan fingerprint density at radius 1 is 1.13 bits per heavy atom. The molecule has 0 saturated heterocycles. The zero-order chi connectivity index (χ0) is 16.6. The Morgan fingerprint density at radius 3 is 2.61 bits per heavy atom. The third-order valence-corrected chi connectivity index (χ3v) is 4.26. The van der Waals surface area contributed by atoms with Gasteiger partial charge in [-0.05, 0) is 26.7 Å². The van der Waals surface area contributed by atoms with E-state index in [4.69, 9.17) is 4.52 Å². The summed E-state index contributed by atoms with van der Waals surface area (Å²) in [5.74, 6) is 3.43. The number of nitrogens with one attached hydrogen (secondary N) is 1. The number of aromatic nitrogens is 5. The van der Waals surface area contributed by atoms with Gasteiger partial charge in [0.15, 0.2) is 5.82 Å². The van der Waals surface area contributed by atoms with Gasteiger partial charge in [0, 0.05) is 18.4 Å². The number of nitrogens with zero attached hydrogens (tertiary/aromatic N) is 5. The van der Waals surface area contributed by atoms with Gasteiger partial charge in [-0.15, -0.1) is 10.2 Å². The van der Waals surface area contributed by atoms with Gasteiger partial charge in [0.1, 0.15) is 11.6 Å². The summed E-state index contributed by atoms with van der Waals surface area (Å²) in [5.41, 5.74) is -0.112. The third-order valence-electron chi connectivity index (χ3n) is 4.26. The molecule has 7 nitrogen and oxygen atoms in total. The number of aryl methyl sites for hydroxylation is 1. The van der Waals surface area contributed by atoms with Crippen LogP contribution in [0.25, 0.3) is 0 Å². The molecular formula is C16H26N6O. The Balaban J connectivity index is 1.71. The molecule has 2 aromatic heterocycles. The largest absolute Gasteiger partial charge is 0.338 e. The predicted octanol–water partition coefficient (Wildman–Crippen LogP) is 2.71. The molecule has 0 radical (unpaired) electrons. The van der Waals surface area contributed by atoms with Gasteiger partial charge in [-0.1, -0.05) is 25.9 Å². The Morgan fingerprint density at radius 2 is 1.91 bits per heavy atom. The fourth-order valence-corrected chi connectivity index (χ4v) is 2.89. The van der Waals surface area contributed by atoms with Crippen LogP contribution < -0.4 is 5.32 Å². The lowest BCUT2D eigenvalue weighted by atomic mass is 9.96. The lowest BCUT2D eigenvalue weighted by Crippen LogP contribution is -2.26. The van der Waals surface area contributed by atoms with E-state index in [0.29, 0.717) is 5.89 Å². The number of fused-ring (bicyclic) bond motifs is 1. The second-order valence-electron chi connectivity index (χ2n) is 7.40. The van der Waals surface area contributed by atoms with Gasteiger partial charge in [-0.2, -0.15) is 4.98 Å². The molecule has 1 aliphatic heterocycles. The molecule has 2 atom stereocenters. The minimum Gasteiger partial charge on any atom is -0.338 e. The van der Waals surface area contributed by atoms with E-state index in [-0.39, 0.29) is 17.5 Å². The van der Waals surface area contributed by atoms with Crippen molar-refractivity contribution in [3.63, 3.8) is 0 Å². The molecule has 126 valence electrons. The van der Waals surface area contributed by atoms with Crippen molar-refractivity contribution in [2.75, 3.05) is 0 Å². The molecule has 0 spiro atoms. The van der Waals surface area contributed by atoms with Crippen molar-refractivity contribution in [1.29, 1.82) is 0 Å². The van der Waals surface area contributed by atoms with Gasteiger partial charge in [-0.25, -0.2) is 0 Å². The summed E-state index contributed by atoms with van der Waals surface area (Å²) in [6.07, 6.45) is 3.42. The highest BCUT2D eigenvalue weighted by Crippen LogP contribution is 2.23.